The third-order valence-corrected chi connectivity index (χ3v) is 10.7. The molecule has 1 aliphatic carbocycles. The zero-order valence-corrected chi connectivity index (χ0v) is 31.2. The van der Waals surface area contributed by atoms with Crippen molar-refractivity contribution in [1.29, 1.82) is 0 Å². The van der Waals surface area contributed by atoms with E-state index in [1.807, 2.05) is 18.3 Å². The van der Waals surface area contributed by atoms with Gasteiger partial charge in [0.25, 0.3) is 0 Å². The van der Waals surface area contributed by atoms with Crippen molar-refractivity contribution in [2.24, 2.45) is 0 Å². The Hall–Kier alpha value is -5.48. The molecule has 0 radical (unpaired) electrons. The van der Waals surface area contributed by atoms with Gasteiger partial charge in [-0.05, 0) is 130 Å². The van der Waals surface area contributed by atoms with Crippen molar-refractivity contribution < 1.29 is 5.11 Å². The van der Waals surface area contributed by atoms with Crippen LogP contribution in [0.1, 0.15) is 76.6 Å². The van der Waals surface area contributed by atoms with Gasteiger partial charge >= 0.3 is 0 Å². The summed E-state index contributed by atoms with van der Waals surface area (Å²) in [6.45, 7) is 13.5. The maximum absolute atomic E-state index is 11.5. The minimum absolute atomic E-state index is 0.0947. The van der Waals surface area contributed by atoms with Crippen LogP contribution in [-0.2, 0) is 23.7 Å². The van der Waals surface area contributed by atoms with E-state index in [1.54, 1.807) is 0 Å². The number of aromatic nitrogens is 3. The summed E-state index contributed by atoms with van der Waals surface area (Å²) in [7, 11) is 0. The molecular formula is C48H47N3O. The highest BCUT2D eigenvalue weighted by Crippen LogP contribution is 2.41. The van der Waals surface area contributed by atoms with Crippen molar-refractivity contribution >= 4 is 11.0 Å². The van der Waals surface area contributed by atoms with Crippen LogP contribution in [-0.4, -0.2) is 19.6 Å². The van der Waals surface area contributed by atoms with Gasteiger partial charge in [-0.3, -0.25) is 9.55 Å². The molecule has 4 nitrogen and oxygen atoms in total. The van der Waals surface area contributed by atoms with Crippen molar-refractivity contribution in [1.82, 2.24) is 14.5 Å². The number of imidazole rings is 1. The number of nitrogens with zero attached hydrogens (tertiary/aromatic N) is 3. The molecule has 2 heterocycles. The first-order chi connectivity index (χ1) is 24.9. The summed E-state index contributed by atoms with van der Waals surface area (Å²) in [5.74, 6) is 1.03. The molecule has 0 fully saturated rings. The van der Waals surface area contributed by atoms with Crippen LogP contribution in [0.25, 0.3) is 61.6 Å². The molecule has 52 heavy (non-hydrogen) atoms. The lowest BCUT2D eigenvalue weighted by atomic mass is 9.83. The summed E-state index contributed by atoms with van der Waals surface area (Å²) in [4.78, 5) is 10.3. The zero-order valence-electron chi connectivity index (χ0n) is 31.2. The minimum atomic E-state index is -0.0947. The second kappa shape index (κ2) is 12.9. The fourth-order valence-electron chi connectivity index (χ4n) is 7.60. The Bertz CT molecular complexity index is 2420. The topological polar surface area (TPSA) is 50.9 Å². The number of rotatable bonds is 5. The Morgan fingerprint density at radius 2 is 1.27 bits per heavy atom. The van der Waals surface area contributed by atoms with Gasteiger partial charge in [0.05, 0.1) is 22.3 Å². The van der Waals surface area contributed by atoms with Crippen molar-refractivity contribution in [2.75, 3.05) is 0 Å². The molecule has 8 rings (SSSR count). The van der Waals surface area contributed by atoms with Gasteiger partial charge in [-0.1, -0.05) is 102 Å². The molecule has 7 aromatic rings. The molecule has 4 heteroatoms. The monoisotopic (exact) mass is 681 g/mol. The zero-order chi connectivity index (χ0) is 36.2. The third kappa shape index (κ3) is 6.32. The number of pyridine rings is 1. The van der Waals surface area contributed by atoms with Gasteiger partial charge in [0.1, 0.15) is 11.6 Å². The molecule has 260 valence electrons. The predicted octanol–water partition coefficient (Wildman–Crippen LogP) is 12.3. The highest BCUT2D eigenvalue weighted by Gasteiger charge is 2.24. The summed E-state index contributed by atoms with van der Waals surface area (Å²) < 4.78 is 2.20. The average molecular weight is 682 g/mol. The number of benzene rings is 5. The van der Waals surface area contributed by atoms with E-state index in [2.05, 4.69) is 149 Å². The van der Waals surface area contributed by atoms with E-state index in [1.165, 1.54) is 34.2 Å². The number of para-hydroxylation sites is 2. The van der Waals surface area contributed by atoms with Crippen LogP contribution in [0, 0.1) is 0 Å². The summed E-state index contributed by atoms with van der Waals surface area (Å²) in [6, 6.07) is 41.0. The Kier molecular flexibility index (Phi) is 8.37. The summed E-state index contributed by atoms with van der Waals surface area (Å²) in [5.41, 5.74) is 15.3. The molecule has 2 aromatic heterocycles. The van der Waals surface area contributed by atoms with Crippen LogP contribution in [0.15, 0.2) is 121 Å². The molecule has 0 spiro atoms. The second-order valence-electron chi connectivity index (χ2n) is 16.4. The van der Waals surface area contributed by atoms with Crippen LogP contribution < -0.4 is 0 Å². The maximum Gasteiger partial charge on any atom is 0.149 e. The quantitative estimate of drug-likeness (QED) is 0.197. The number of aromatic hydroxyl groups is 1. The highest BCUT2D eigenvalue weighted by molar-refractivity contribution is 5.97. The Labute approximate surface area is 307 Å². The SMILES string of the molecule is CC(C)(C)c1ccc(-c2ccnc(-c3cc(-c4cccc5c4nc(-c4cc6c(cc4O)CCCC6)n5-c4ccccc4)cc(C(C)(C)C)c3)c2)cc1. The van der Waals surface area contributed by atoms with Crippen LogP contribution in [0.4, 0.5) is 0 Å². The first kappa shape index (κ1) is 33.7. The van der Waals surface area contributed by atoms with Gasteiger partial charge in [0, 0.05) is 23.0 Å². The normalized spacial score (nSPS) is 13.3. The summed E-state index contributed by atoms with van der Waals surface area (Å²) in [6.07, 6.45) is 6.29. The largest absolute Gasteiger partial charge is 0.507 e. The molecule has 0 saturated carbocycles. The fraction of sp³-hybridized carbons (Fsp3) is 0.250. The van der Waals surface area contributed by atoms with Crippen LogP contribution >= 0.6 is 0 Å². The van der Waals surface area contributed by atoms with E-state index < -0.39 is 0 Å². The van der Waals surface area contributed by atoms with Gasteiger partial charge in [0.2, 0.25) is 0 Å². The molecule has 1 N–H and O–H groups in total. The first-order valence-electron chi connectivity index (χ1n) is 18.6. The van der Waals surface area contributed by atoms with E-state index in [9.17, 15) is 5.11 Å². The Balaban J connectivity index is 1.30. The number of fused-ring (bicyclic) bond motifs is 2. The van der Waals surface area contributed by atoms with Gasteiger partial charge in [-0.2, -0.15) is 0 Å². The third-order valence-electron chi connectivity index (χ3n) is 10.7. The molecule has 0 unspecified atom stereocenters. The predicted molar refractivity (Wildman–Crippen MR) is 216 cm³/mol. The fourth-order valence-corrected chi connectivity index (χ4v) is 7.60. The average Bonchev–Trinajstić information content (AvgIpc) is 3.54. The van der Waals surface area contributed by atoms with E-state index in [0.29, 0.717) is 0 Å². The van der Waals surface area contributed by atoms with Gasteiger partial charge in [0.15, 0.2) is 0 Å². The number of hydrogen-bond donors (Lipinski definition) is 1. The molecule has 1 aliphatic rings. The van der Waals surface area contributed by atoms with E-state index in [0.717, 1.165) is 75.3 Å². The molecule has 0 saturated heterocycles. The molecule has 5 aromatic carbocycles. The Morgan fingerprint density at radius 1 is 0.577 bits per heavy atom. The molecule has 0 aliphatic heterocycles. The van der Waals surface area contributed by atoms with Crippen LogP contribution in [0.2, 0.25) is 0 Å². The van der Waals surface area contributed by atoms with Crippen LogP contribution in [0.3, 0.4) is 0 Å². The molecule has 0 bridgehead atoms. The lowest BCUT2D eigenvalue weighted by molar-refractivity contribution is 0.474. The lowest BCUT2D eigenvalue weighted by Crippen LogP contribution is -2.11. The maximum atomic E-state index is 11.5. The number of hydrogen-bond acceptors (Lipinski definition) is 3. The summed E-state index contributed by atoms with van der Waals surface area (Å²) >= 11 is 0. The molecule has 0 atom stereocenters. The van der Waals surface area contributed by atoms with E-state index >= 15 is 0 Å². The van der Waals surface area contributed by atoms with E-state index in [4.69, 9.17) is 9.97 Å². The van der Waals surface area contributed by atoms with Crippen molar-refractivity contribution in [3.05, 3.63) is 144 Å². The van der Waals surface area contributed by atoms with Crippen molar-refractivity contribution in [3.8, 4) is 56.3 Å². The smallest absolute Gasteiger partial charge is 0.149 e. The van der Waals surface area contributed by atoms with Crippen LogP contribution in [0.5, 0.6) is 5.75 Å². The Morgan fingerprint density at radius 3 is 1.98 bits per heavy atom. The van der Waals surface area contributed by atoms with Gasteiger partial charge in [-0.15, -0.1) is 0 Å². The molecular weight excluding hydrogens is 635 g/mol. The van der Waals surface area contributed by atoms with Crippen molar-refractivity contribution in [3.63, 3.8) is 0 Å². The van der Waals surface area contributed by atoms with Gasteiger partial charge in [-0.25, -0.2) is 4.98 Å². The standard InChI is InChI=1S/C48H47N3O/c1-47(2,3)37-21-19-31(20-22-37)34-23-24-49-42(29-34)36-25-35(26-38(27-36)48(4,5)6)40-17-12-18-43-45(40)50-46(51(43)39-15-8-7-9-16-39)41-28-32-13-10-11-14-33(32)30-44(41)52/h7-9,12,15-30,52H,10-11,13-14H2,1-6H3. The van der Waals surface area contributed by atoms with Gasteiger partial charge < -0.3 is 5.11 Å². The number of phenolic OH excluding ortho intramolecular Hbond substituents is 1. The lowest BCUT2D eigenvalue weighted by Gasteiger charge is -2.22. The minimum Gasteiger partial charge on any atom is -0.507 e. The summed E-state index contributed by atoms with van der Waals surface area (Å²) in [5, 5.41) is 11.5. The molecule has 0 amide bonds. The van der Waals surface area contributed by atoms with Crippen molar-refractivity contribution in [2.45, 2.75) is 78.1 Å². The second-order valence-corrected chi connectivity index (χ2v) is 16.4. The number of phenols is 1. The first-order valence-corrected chi connectivity index (χ1v) is 18.6. The highest BCUT2D eigenvalue weighted by atomic mass is 16.3. The number of aryl methyl sites for hydroxylation is 2. The van der Waals surface area contributed by atoms with E-state index in [-0.39, 0.29) is 16.6 Å².